The van der Waals surface area contributed by atoms with Gasteiger partial charge in [-0.25, -0.2) is 4.68 Å². The van der Waals surface area contributed by atoms with Gasteiger partial charge >= 0.3 is 0 Å². The molecule has 0 saturated heterocycles. The summed E-state index contributed by atoms with van der Waals surface area (Å²) in [6, 6.07) is 7.88. The van der Waals surface area contributed by atoms with Crippen LogP contribution in [0.2, 0.25) is 0 Å². The van der Waals surface area contributed by atoms with E-state index < -0.39 is 0 Å². The highest BCUT2D eigenvalue weighted by atomic mass is 16.1. The van der Waals surface area contributed by atoms with Crippen LogP contribution in [0.5, 0.6) is 0 Å². The first kappa shape index (κ1) is 12.0. The zero-order valence-corrected chi connectivity index (χ0v) is 10.7. The quantitative estimate of drug-likeness (QED) is 0.814. The summed E-state index contributed by atoms with van der Waals surface area (Å²) in [6.45, 7) is 5.12. The van der Waals surface area contributed by atoms with Gasteiger partial charge in [-0.15, -0.1) is 5.10 Å². The fourth-order valence-corrected chi connectivity index (χ4v) is 1.97. The van der Waals surface area contributed by atoms with Crippen LogP contribution in [0.4, 0.5) is 0 Å². The summed E-state index contributed by atoms with van der Waals surface area (Å²) >= 11 is 0. The highest BCUT2D eigenvalue weighted by Crippen LogP contribution is 2.18. The summed E-state index contributed by atoms with van der Waals surface area (Å²) in [7, 11) is 0. The molecule has 5 heteroatoms. The van der Waals surface area contributed by atoms with Crippen molar-refractivity contribution >= 4 is 10.9 Å². The van der Waals surface area contributed by atoms with Crippen LogP contribution in [0.25, 0.3) is 10.9 Å². The first-order valence-corrected chi connectivity index (χ1v) is 6.46. The van der Waals surface area contributed by atoms with Crippen molar-refractivity contribution in [2.45, 2.75) is 25.4 Å². The molecule has 5 nitrogen and oxygen atoms in total. The fourth-order valence-electron chi connectivity index (χ4n) is 1.97. The predicted molar refractivity (Wildman–Crippen MR) is 74.0 cm³/mol. The number of hydrogen-bond acceptors (Lipinski definition) is 4. The molecule has 2 aromatic rings. The number of rotatable bonds is 5. The molecular formula is C14H16N4O. The fraction of sp³-hybridized carbons (Fsp3) is 0.357. The third kappa shape index (κ3) is 2.71. The molecular weight excluding hydrogens is 240 g/mol. The molecule has 98 valence electrons. The second kappa shape index (κ2) is 4.93. The highest BCUT2D eigenvalue weighted by molar-refractivity contribution is 5.76. The first-order valence-electron chi connectivity index (χ1n) is 6.46. The summed E-state index contributed by atoms with van der Waals surface area (Å²) in [6.07, 6.45) is 2.48. The summed E-state index contributed by atoms with van der Waals surface area (Å²) in [5.74, 6) is 0. The maximum Gasteiger partial charge on any atom is 0.277 e. The van der Waals surface area contributed by atoms with Gasteiger partial charge in [-0.05, 0) is 30.5 Å². The number of benzene rings is 1. The van der Waals surface area contributed by atoms with Gasteiger partial charge in [0.1, 0.15) is 5.52 Å². The van der Waals surface area contributed by atoms with E-state index in [1.165, 1.54) is 17.5 Å². The molecule has 1 N–H and O–H groups in total. The molecule has 1 aliphatic rings. The van der Waals surface area contributed by atoms with Crippen molar-refractivity contribution in [2.24, 2.45) is 0 Å². The van der Waals surface area contributed by atoms with E-state index in [0.717, 1.165) is 12.1 Å². The van der Waals surface area contributed by atoms with Gasteiger partial charge in [0.25, 0.3) is 5.56 Å². The van der Waals surface area contributed by atoms with Crippen molar-refractivity contribution in [3.05, 3.63) is 46.8 Å². The molecule has 1 aromatic heterocycles. The van der Waals surface area contributed by atoms with E-state index in [4.69, 9.17) is 0 Å². The Kier molecular flexibility index (Phi) is 3.13. The minimum Gasteiger partial charge on any atom is -0.310 e. The topological polar surface area (TPSA) is 59.8 Å². The smallest absolute Gasteiger partial charge is 0.277 e. The SMILES string of the molecule is C=C(CNC1CC1)Cn1nnc2ccccc2c1=O. The van der Waals surface area contributed by atoms with Gasteiger partial charge in [0.05, 0.1) is 11.9 Å². The largest absolute Gasteiger partial charge is 0.310 e. The normalized spacial score (nSPS) is 14.7. The van der Waals surface area contributed by atoms with E-state index in [1.807, 2.05) is 12.1 Å². The lowest BCUT2D eigenvalue weighted by Crippen LogP contribution is -2.28. The molecule has 0 aliphatic heterocycles. The van der Waals surface area contributed by atoms with Crippen molar-refractivity contribution in [3.8, 4) is 0 Å². The van der Waals surface area contributed by atoms with Gasteiger partial charge in [-0.2, -0.15) is 0 Å². The molecule has 1 fully saturated rings. The molecule has 19 heavy (non-hydrogen) atoms. The van der Waals surface area contributed by atoms with Gasteiger partial charge in [0.15, 0.2) is 0 Å². The Balaban J connectivity index is 1.78. The van der Waals surface area contributed by atoms with Crippen molar-refractivity contribution in [1.29, 1.82) is 0 Å². The molecule has 1 aliphatic carbocycles. The summed E-state index contributed by atoms with van der Waals surface area (Å²) < 4.78 is 1.37. The summed E-state index contributed by atoms with van der Waals surface area (Å²) in [4.78, 5) is 12.2. The molecule has 0 radical (unpaired) electrons. The lowest BCUT2D eigenvalue weighted by atomic mass is 10.2. The summed E-state index contributed by atoms with van der Waals surface area (Å²) in [5.41, 5.74) is 1.46. The van der Waals surface area contributed by atoms with Gasteiger partial charge in [-0.3, -0.25) is 4.79 Å². The van der Waals surface area contributed by atoms with Crippen LogP contribution in [0, 0.1) is 0 Å². The van der Waals surface area contributed by atoms with E-state index in [0.29, 0.717) is 23.5 Å². The monoisotopic (exact) mass is 256 g/mol. The van der Waals surface area contributed by atoms with Crippen molar-refractivity contribution in [2.75, 3.05) is 6.54 Å². The minimum atomic E-state index is -0.113. The van der Waals surface area contributed by atoms with Crippen LogP contribution in [-0.4, -0.2) is 27.6 Å². The van der Waals surface area contributed by atoms with Gasteiger partial charge in [0, 0.05) is 12.6 Å². The molecule has 0 amide bonds. The highest BCUT2D eigenvalue weighted by Gasteiger charge is 2.20. The van der Waals surface area contributed by atoms with Crippen molar-refractivity contribution in [3.63, 3.8) is 0 Å². The second-order valence-corrected chi connectivity index (χ2v) is 4.97. The third-order valence-corrected chi connectivity index (χ3v) is 3.22. The Bertz CT molecular complexity index is 672. The molecule has 1 aromatic carbocycles. The molecule has 1 heterocycles. The number of fused-ring (bicyclic) bond motifs is 1. The Hall–Kier alpha value is -2.01. The lowest BCUT2D eigenvalue weighted by molar-refractivity contribution is 0.576. The Morgan fingerprint density at radius 1 is 1.42 bits per heavy atom. The van der Waals surface area contributed by atoms with Crippen LogP contribution < -0.4 is 10.9 Å². The second-order valence-electron chi connectivity index (χ2n) is 4.97. The average Bonchev–Trinajstić information content (AvgIpc) is 3.24. The van der Waals surface area contributed by atoms with Gasteiger partial charge in [-0.1, -0.05) is 23.9 Å². The maximum atomic E-state index is 12.2. The average molecular weight is 256 g/mol. The Labute approximate surface area is 110 Å². The van der Waals surface area contributed by atoms with Crippen LogP contribution in [-0.2, 0) is 6.54 Å². The van der Waals surface area contributed by atoms with E-state index in [1.54, 1.807) is 12.1 Å². The molecule has 0 spiro atoms. The van der Waals surface area contributed by atoms with Crippen molar-refractivity contribution < 1.29 is 0 Å². The van der Waals surface area contributed by atoms with E-state index >= 15 is 0 Å². The molecule has 0 bridgehead atoms. The Morgan fingerprint density at radius 3 is 3.00 bits per heavy atom. The van der Waals surface area contributed by atoms with E-state index in [2.05, 4.69) is 22.2 Å². The molecule has 1 saturated carbocycles. The van der Waals surface area contributed by atoms with Gasteiger partial charge < -0.3 is 5.32 Å². The van der Waals surface area contributed by atoms with Crippen LogP contribution in [0.15, 0.2) is 41.2 Å². The standard InChI is InChI=1S/C14H16N4O/c1-10(8-15-11-6-7-11)9-18-14(19)12-4-2-3-5-13(12)16-17-18/h2-5,11,15H,1,6-9H2. The lowest BCUT2D eigenvalue weighted by Gasteiger charge is -2.08. The summed E-state index contributed by atoms with van der Waals surface area (Å²) in [5, 5.41) is 12.0. The number of nitrogens with zero attached hydrogens (tertiary/aromatic N) is 3. The van der Waals surface area contributed by atoms with E-state index in [9.17, 15) is 4.79 Å². The first-order chi connectivity index (χ1) is 9.24. The zero-order valence-electron chi connectivity index (χ0n) is 10.7. The zero-order chi connectivity index (χ0) is 13.2. The number of aromatic nitrogens is 3. The van der Waals surface area contributed by atoms with Gasteiger partial charge in [0.2, 0.25) is 0 Å². The van der Waals surface area contributed by atoms with E-state index in [-0.39, 0.29) is 5.56 Å². The van der Waals surface area contributed by atoms with Crippen LogP contribution in [0.1, 0.15) is 12.8 Å². The third-order valence-electron chi connectivity index (χ3n) is 3.22. The predicted octanol–water partition coefficient (Wildman–Crippen LogP) is 1.10. The molecule has 0 atom stereocenters. The molecule has 0 unspecified atom stereocenters. The van der Waals surface area contributed by atoms with Crippen molar-refractivity contribution in [1.82, 2.24) is 20.3 Å². The number of nitrogens with one attached hydrogen (secondary N) is 1. The minimum absolute atomic E-state index is 0.113. The molecule has 3 rings (SSSR count). The van der Waals surface area contributed by atoms with Crippen LogP contribution >= 0.6 is 0 Å². The number of hydrogen-bond donors (Lipinski definition) is 1. The van der Waals surface area contributed by atoms with Crippen LogP contribution in [0.3, 0.4) is 0 Å². The maximum absolute atomic E-state index is 12.2. The Morgan fingerprint density at radius 2 is 2.21 bits per heavy atom.